The SMILES string of the molecule is CSc1ncc(C)c(=O)n1CCC=O. The van der Waals surface area contributed by atoms with Crippen molar-refractivity contribution in [2.24, 2.45) is 0 Å². The Kier molecular flexibility index (Phi) is 3.88. The molecule has 0 aliphatic heterocycles. The van der Waals surface area contributed by atoms with E-state index in [2.05, 4.69) is 4.98 Å². The number of aryl methyl sites for hydroxylation is 1. The molecule has 14 heavy (non-hydrogen) atoms. The number of hydrogen-bond donors (Lipinski definition) is 0. The zero-order chi connectivity index (χ0) is 10.6. The highest BCUT2D eigenvalue weighted by Crippen LogP contribution is 2.09. The number of carbonyl (C=O) groups excluding carboxylic acids is 1. The van der Waals surface area contributed by atoms with Gasteiger partial charge in [-0.1, -0.05) is 11.8 Å². The number of carbonyl (C=O) groups is 1. The van der Waals surface area contributed by atoms with Gasteiger partial charge in [0.1, 0.15) is 6.29 Å². The third kappa shape index (κ3) is 2.23. The van der Waals surface area contributed by atoms with E-state index < -0.39 is 0 Å². The molecule has 0 N–H and O–H groups in total. The smallest absolute Gasteiger partial charge is 0.257 e. The number of aromatic nitrogens is 2. The number of thioether (sulfide) groups is 1. The van der Waals surface area contributed by atoms with E-state index in [4.69, 9.17) is 0 Å². The predicted molar refractivity (Wildman–Crippen MR) is 55.7 cm³/mol. The van der Waals surface area contributed by atoms with E-state index >= 15 is 0 Å². The average Bonchev–Trinajstić information content (AvgIpc) is 2.20. The van der Waals surface area contributed by atoms with Crippen molar-refractivity contribution >= 4 is 18.0 Å². The minimum Gasteiger partial charge on any atom is -0.303 e. The molecule has 0 atom stereocenters. The van der Waals surface area contributed by atoms with E-state index in [1.54, 1.807) is 13.1 Å². The van der Waals surface area contributed by atoms with E-state index in [1.165, 1.54) is 16.3 Å². The van der Waals surface area contributed by atoms with Gasteiger partial charge in [-0.15, -0.1) is 0 Å². The molecule has 0 fully saturated rings. The molecule has 1 aromatic heterocycles. The van der Waals surface area contributed by atoms with Gasteiger partial charge in [0.15, 0.2) is 5.16 Å². The van der Waals surface area contributed by atoms with Gasteiger partial charge in [0.25, 0.3) is 5.56 Å². The molecule has 0 aliphatic rings. The number of aldehydes is 1. The van der Waals surface area contributed by atoms with Crippen LogP contribution in [0, 0.1) is 6.92 Å². The average molecular weight is 212 g/mol. The van der Waals surface area contributed by atoms with E-state index in [1.807, 2.05) is 6.26 Å². The molecule has 0 unspecified atom stereocenters. The summed E-state index contributed by atoms with van der Waals surface area (Å²) in [5.74, 6) is 0. The van der Waals surface area contributed by atoms with Gasteiger partial charge in [-0.05, 0) is 13.2 Å². The van der Waals surface area contributed by atoms with Gasteiger partial charge >= 0.3 is 0 Å². The molecular weight excluding hydrogens is 200 g/mol. The Morgan fingerprint density at radius 1 is 1.64 bits per heavy atom. The van der Waals surface area contributed by atoms with Crippen LogP contribution in [0.2, 0.25) is 0 Å². The maximum atomic E-state index is 11.6. The van der Waals surface area contributed by atoms with Gasteiger partial charge in [0.05, 0.1) is 0 Å². The molecule has 0 radical (unpaired) electrons. The van der Waals surface area contributed by atoms with Crippen LogP contribution in [0.5, 0.6) is 0 Å². The highest BCUT2D eigenvalue weighted by molar-refractivity contribution is 7.98. The fourth-order valence-corrected chi connectivity index (χ4v) is 1.67. The van der Waals surface area contributed by atoms with Crippen LogP contribution in [0.3, 0.4) is 0 Å². The third-order valence-corrected chi connectivity index (χ3v) is 2.53. The largest absolute Gasteiger partial charge is 0.303 e. The Bertz CT molecular complexity index is 387. The van der Waals surface area contributed by atoms with Crippen LogP contribution in [-0.4, -0.2) is 22.1 Å². The van der Waals surface area contributed by atoms with Crippen LogP contribution in [0.1, 0.15) is 12.0 Å². The van der Waals surface area contributed by atoms with Crippen molar-refractivity contribution in [3.63, 3.8) is 0 Å². The Morgan fingerprint density at radius 2 is 2.36 bits per heavy atom. The van der Waals surface area contributed by atoms with Crippen molar-refractivity contribution < 1.29 is 4.79 Å². The lowest BCUT2D eigenvalue weighted by Crippen LogP contribution is -2.24. The molecule has 1 aromatic rings. The number of rotatable bonds is 4. The summed E-state index contributed by atoms with van der Waals surface area (Å²) in [7, 11) is 0. The minimum atomic E-state index is -0.0637. The van der Waals surface area contributed by atoms with E-state index in [-0.39, 0.29) is 5.56 Å². The molecule has 0 amide bonds. The van der Waals surface area contributed by atoms with Crippen LogP contribution < -0.4 is 5.56 Å². The first-order valence-corrected chi connectivity index (χ1v) is 5.47. The van der Waals surface area contributed by atoms with Gasteiger partial charge in [-0.2, -0.15) is 0 Å². The zero-order valence-electron chi connectivity index (χ0n) is 8.19. The predicted octanol–water partition coefficient (Wildman–Crippen LogP) is 0.863. The molecule has 0 saturated heterocycles. The lowest BCUT2D eigenvalue weighted by atomic mass is 10.4. The van der Waals surface area contributed by atoms with Crippen molar-refractivity contribution in [3.8, 4) is 0 Å². The second-order valence-corrected chi connectivity index (χ2v) is 3.61. The van der Waals surface area contributed by atoms with Crippen LogP contribution in [0.4, 0.5) is 0 Å². The maximum Gasteiger partial charge on any atom is 0.257 e. The van der Waals surface area contributed by atoms with E-state index in [0.29, 0.717) is 23.7 Å². The topological polar surface area (TPSA) is 52.0 Å². The monoisotopic (exact) mass is 212 g/mol. The third-order valence-electron chi connectivity index (χ3n) is 1.84. The summed E-state index contributed by atoms with van der Waals surface area (Å²) in [5.41, 5.74) is 0.542. The van der Waals surface area contributed by atoms with E-state index in [0.717, 1.165) is 6.29 Å². The van der Waals surface area contributed by atoms with Crippen LogP contribution >= 0.6 is 11.8 Å². The van der Waals surface area contributed by atoms with Crippen molar-refractivity contribution in [2.75, 3.05) is 6.26 Å². The number of hydrogen-bond acceptors (Lipinski definition) is 4. The molecule has 1 rings (SSSR count). The minimum absolute atomic E-state index is 0.0637. The van der Waals surface area contributed by atoms with Gasteiger partial charge in [-0.3, -0.25) is 9.36 Å². The van der Waals surface area contributed by atoms with Crippen molar-refractivity contribution in [1.82, 2.24) is 9.55 Å². The maximum absolute atomic E-state index is 11.6. The Hall–Kier alpha value is -1.10. The van der Waals surface area contributed by atoms with Crippen molar-refractivity contribution in [1.29, 1.82) is 0 Å². The number of nitrogens with zero attached hydrogens (tertiary/aromatic N) is 2. The highest BCUT2D eigenvalue weighted by atomic mass is 32.2. The molecule has 5 heteroatoms. The second-order valence-electron chi connectivity index (χ2n) is 2.84. The normalized spacial score (nSPS) is 10.1. The summed E-state index contributed by atoms with van der Waals surface area (Å²) >= 11 is 1.40. The first-order valence-electron chi connectivity index (χ1n) is 4.24. The van der Waals surface area contributed by atoms with E-state index in [9.17, 15) is 9.59 Å². The zero-order valence-corrected chi connectivity index (χ0v) is 9.00. The molecule has 0 saturated carbocycles. The van der Waals surface area contributed by atoms with Crippen LogP contribution in [0.25, 0.3) is 0 Å². The van der Waals surface area contributed by atoms with Crippen molar-refractivity contribution in [2.45, 2.75) is 25.0 Å². The Balaban J connectivity index is 3.14. The summed E-state index contributed by atoms with van der Waals surface area (Å²) in [6.45, 7) is 2.13. The molecule has 0 aromatic carbocycles. The summed E-state index contributed by atoms with van der Waals surface area (Å²) in [6.07, 6.45) is 4.57. The van der Waals surface area contributed by atoms with Gasteiger partial charge in [-0.25, -0.2) is 4.98 Å². The molecular formula is C9H12N2O2S. The fourth-order valence-electron chi connectivity index (χ4n) is 1.12. The molecule has 4 nitrogen and oxygen atoms in total. The molecule has 76 valence electrons. The fraction of sp³-hybridized carbons (Fsp3) is 0.444. The lowest BCUT2D eigenvalue weighted by molar-refractivity contribution is -0.108. The standard InChI is InChI=1S/C9H12N2O2S/c1-7-6-10-9(14-2)11(8(7)13)4-3-5-12/h5-6H,3-4H2,1-2H3. The summed E-state index contributed by atoms with van der Waals surface area (Å²) < 4.78 is 1.54. The molecule has 0 spiro atoms. The van der Waals surface area contributed by atoms with Gasteiger partial charge in [0.2, 0.25) is 0 Å². The molecule has 1 heterocycles. The Labute approximate surface area is 86.4 Å². The summed E-state index contributed by atoms with van der Waals surface area (Å²) in [6, 6.07) is 0. The lowest BCUT2D eigenvalue weighted by Gasteiger charge is -2.08. The Morgan fingerprint density at radius 3 is 2.93 bits per heavy atom. The van der Waals surface area contributed by atoms with Gasteiger partial charge < -0.3 is 4.79 Å². The van der Waals surface area contributed by atoms with Crippen LogP contribution in [0.15, 0.2) is 16.1 Å². The van der Waals surface area contributed by atoms with Crippen LogP contribution in [-0.2, 0) is 11.3 Å². The second kappa shape index (κ2) is 4.95. The quantitative estimate of drug-likeness (QED) is 0.422. The molecule has 0 aliphatic carbocycles. The first kappa shape index (κ1) is 11.0. The van der Waals surface area contributed by atoms with Gasteiger partial charge in [0, 0.05) is 24.7 Å². The van der Waals surface area contributed by atoms with Crippen molar-refractivity contribution in [3.05, 3.63) is 22.1 Å². The summed E-state index contributed by atoms with van der Waals surface area (Å²) in [4.78, 5) is 26.0. The highest BCUT2D eigenvalue weighted by Gasteiger charge is 2.05. The molecule has 0 bridgehead atoms. The summed E-state index contributed by atoms with van der Waals surface area (Å²) in [5, 5.41) is 0.655. The first-order chi connectivity index (χ1) is 6.70.